The van der Waals surface area contributed by atoms with Gasteiger partial charge in [-0.1, -0.05) is 35.9 Å². The monoisotopic (exact) mass is 205 g/mol. The standard InChI is InChI=1S/C11H8ClNO/c1-7-10(6-14)8-4-2-3-5-9(8)11(12)13-7/h2-6H,1H3. The number of carbonyl (C=O) groups excluding carboxylic acids is 1. The van der Waals surface area contributed by atoms with Crippen LogP contribution in [-0.4, -0.2) is 11.3 Å². The Morgan fingerprint density at radius 2 is 1.93 bits per heavy atom. The van der Waals surface area contributed by atoms with Crippen molar-refractivity contribution in [2.24, 2.45) is 0 Å². The summed E-state index contributed by atoms with van der Waals surface area (Å²) < 4.78 is 0. The normalized spacial score (nSPS) is 10.4. The van der Waals surface area contributed by atoms with Crippen LogP contribution in [0.15, 0.2) is 24.3 Å². The fraction of sp³-hybridized carbons (Fsp3) is 0.0909. The van der Waals surface area contributed by atoms with Crippen LogP contribution in [0, 0.1) is 6.92 Å². The molecule has 0 aliphatic carbocycles. The number of halogens is 1. The second-order valence-corrected chi connectivity index (χ2v) is 3.42. The summed E-state index contributed by atoms with van der Waals surface area (Å²) in [5.74, 6) is 0. The summed E-state index contributed by atoms with van der Waals surface area (Å²) in [5, 5.41) is 2.13. The van der Waals surface area contributed by atoms with Crippen molar-refractivity contribution in [3.63, 3.8) is 0 Å². The number of hydrogen-bond acceptors (Lipinski definition) is 2. The van der Waals surface area contributed by atoms with Gasteiger partial charge in [-0.05, 0) is 12.3 Å². The SMILES string of the molecule is Cc1nc(Cl)c2ccccc2c1C=O. The third-order valence-electron chi connectivity index (χ3n) is 2.21. The molecule has 0 radical (unpaired) electrons. The van der Waals surface area contributed by atoms with E-state index in [4.69, 9.17) is 11.6 Å². The van der Waals surface area contributed by atoms with E-state index in [-0.39, 0.29) is 0 Å². The zero-order valence-corrected chi connectivity index (χ0v) is 8.38. The minimum absolute atomic E-state index is 0.448. The van der Waals surface area contributed by atoms with Crippen LogP contribution in [0.2, 0.25) is 5.15 Å². The molecule has 0 aliphatic rings. The van der Waals surface area contributed by atoms with Gasteiger partial charge in [0.1, 0.15) is 5.15 Å². The Balaban J connectivity index is 2.97. The van der Waals surface area contributed by atoms with Gasteiger partial charge in [-0.2, -0.15) is 0 Å². The molecule has 0 bridgehead atoms. The maximum absolute atomic E-state index is 10.9. The van der Waals surface area contributed by atoms with Crippen molar-refractivity contribution in [2.75, 3.05) is 0 Å². The van der Waals surface area contributed by atoms with Gasteiger partial charge in [-0.3, -0.25) is 4.79 Å². The van der Waals surface area contributed by atoms with Crippen LogP contribution in [0.25, 0.3) is 10.8 Å². The highest BCUT2D eigenvalue weighted by atomic mass is 35.5. The molecule has 0 N–H and O–H groups in total. The smallest absolute Gasteiger partial charge is 0.152 e. The zero-order valence-electron chi connectivity index (χ0n) is 7.62. The lowest BCUT2D eigenvalue weighted by molar-refractivity contribution is 0.112. The van der Waals surface area contributed by atoms with Gasteiger partial charge in [0.25, 0.3) is 0 Å². The van der Waals surface area contributed by atoms with Crippen LogP contribution in [0.4, 0.5) is 0 Å². The van der Waals surface area contributed by atoms with E-state index in [2.05, 4.69) is 4.98 Å². The molecule has 0 unspecified atom stereocenters. The van der Waals surface area contributed by atoms with Crippen LogP contribution in [0.5, 0.6) is 0 Å². The Labute approximate surface area is 86.5 Å². The number of aromatic nitrogens is 1. The number of aldehydes is 1. The predicted octanol–water partition coefficient (Wildman–Crippen LogP) is 3.01. The van der Waals surface area contributed by atoms with E-state index in [1.54, 1.807) is 6.92 Å². The molecule has 2 rings (SSSR count). The van der Waals surface area contributed by atoms with E-state index in [0.717, 1.165) is 17.1 Å². The highest BCUT2D eigenvalue weighted by Crippen LogP contribution is 2.25. The average molecular weight is 206 g/mol. The Kier molecular flexibility index (Phi) is 2.22. The highest BCUT2D eigenvalue weighted by molar-refractivity contribution is 6.34. The van der Waals surface area contributed by atoms with E-state index >= 15 is 0 Å². The molecule has 1 heterocycles. The van der Waals surface area contributed by atoms with Crippen molar-refractivity contribution in [1.29, 1.82) is 0 Å². The summed E-state index contributed by atoms with van der Waals surface area (Å²) in [7, 11) is 0. The van der Waals surface area contributed by atoms with Gasteiger partial charge in [-0.15, -0.1) is 0 Å². The van der Waals surface area contributed by atoms with Gasteiger partial charge in [0.05, 0.1) is 5.69 Å². The van der Waals surface area contributed by atoms with Crippen molar-refractivity contribution in [1.82, 2.24) is 4.98 Å². The van der Waals surface area contributed by atoms with E-state index < -0.39 is 0 Å². The van der Waals surface area contributed by atoms with Gasteiger partial charge in [-0.25, -0.2) is 4.98 Å². The van der Waals surface area contributed by atoms with Crippen LogP contribution < -0.4 is 0 Å². The van der Waals surface area contributed by atoms with Gasteiger partial charge in [0, 0.05) is 10.9 Å². The number of nitrogens with zero attached hydrogens (tertiary/aromatic N) is 1. The van der Waals surface area contributed by atoms with E-state index in [1.165, 1.54) is 0 Å². The van der Waals surface area contributed by atoms with Crippen molar-refractivity contribution in [3.05, 3.63) is 40.7 Å². The second-order valence-electron chi connectivity index (χ2n) is 3.07. The summed E-state index contributed by atoms with van der Waals surface area (Å²) in [5.41, 5.74) is 1.29. The van der Waals surface area contributed by atoms with Crippen LogP contribution in [0.1, 0.15) is 16.1 Å². The first-order valence-electron chi connectivity index (χ1n) is 4.24. The zero-order chi connectivity index (χ0) is 10.1. The van der Waals surface area contributed by atoms with Gasteiger partial charge >= 0.3 is 0 Å². The predicted molar refractivity (Wildman–Crippen MR) is 56.9 cm³/mol. The van der Waals surface area contributed by atoms with E-state index in [1.807, 2.05) is 24.3 Å². The molecule has 0 aliphatic heterocycles. The quantitative estimate of drug-likeness (QED) is 0.529. The summed E-state index contributed by atoms with van der Waals surface area (Å²) in [6.07, 6.45) is 0.820. The van der Waals surface area contributed by atoms with Crippen LogP contribution >= 0.6 is 11.6 Å². The van der Waals surface area contributed by atoms with Gasteiger partial charge in [0.2, 0.25) is 0 Å². The molecule has 1 aromatic carbocycles. The third-order valence-corrected chi connectivity index (χ3v) is 2.50. The van der Waals surface area contributed by atoms with Crippen molar-refractivity contribution >= 4 is 28.7 Å². The molecule has 0 atom stereocenters. The van der Waals surface area contributed by atoms with Gasteiger partial charge < -0.3 is 0 Å². The van der Waals surface area contributed by atoms with Crippen LogP contribution in [-0.2, 0) is 0 Å². The lowest BCUT2D eigenvalue weighted by atomic mass is 10.1. The maximum atomic E-state index is 10.9. The van der Waals surface area contributed by atoms with Gasteiger partial charge in [0.15, 0.2) is 6.29 Å². The second kappa shape index (κ2) is 3.39. The molecule has 0 amide bonds. The first-order valence-corrected chi connectivity index (χ1v) is 4.62. The fourth-order valence-corrected chi connectivity index (χ4v) is 1.80. The Hall–Kier alpha value is -1.41. The molecule has 1 aromatic heterocycles. The molecule has 14 heavy (non-hydrogen) atoms. The molecule has 70 valence electrons. The number of hydrogen-bond donors (Lipinski definition) is 0. The lowest BCUT2D eigenvalue weighted by Gasteiger charge is -2.05. The molecule has 2 nitrogen and oxygen atoms in total. The number of fused-ring (bicyclic) bond motifs is 1. The maximum Gasteiger partial charge on any atom is 0.152 e. The molecule has 0 saturated heterocycles. The summed E-state index contributed by atoms with van der Waals surface area (Å²) in [6.45, 7) is 1.78. The molecule has 0 fully saturated rings. The first-order chi connectivity index (χ1) is 6.74. The minimum atomic E-state index is 0.448. The average Bonchev–Trinajstić information content (AvgIpc) is 2.18. The third kappa shape index (κ3) is 1.28. The molecule has 3 heteroatoms. The Morgan fingerprint density at radius 3 is 2.57 bits per heavy atom. The molecular weight excluding hydrogens is 198 g/mol. The largest absolute Gasteiger partial charge is 0.298 e. The molecule has 0 spiro atoms. The lowest BCUT2D eigenvalue weighted by Crippen LogP contribution is -1.93. The molecular formula is C11H8ClNO. The summed E-state index contributed by atoms with van der Waals surface area (Å²) in [4.78, 5) is 15.0. The fourth-order valence-electron chi connectivity index (χ4n) is 1.51. The van der Waals surface area contributed by atoms with Crippen molar-refractivity contribution < 1.29 is 4.79 Å². The summed E-state index contributed by atoms with van der Waals surface area (Å²) in [6, 6.07) is 7.49. The highest BCUT2D eigenvalue weighted by Gasteiger charge is 2.08. The van der Waals surface area contributed by atoms with Crippen LogP contribution in [0.3, 0.4) is 0 Å². The number of benzene rings is 1. The van der Waals surface area contributed by atoms with E-state index in [0.29, 0.717) is 16.4 Å². The minimum Gasteiger partial charge on any atom is -0.298 e. The Bertz CT molecular complexity index is 508. The first kappa shape index (κ1) is 9.16. The van der Waals surface area contributed by atoms with E-state index in [9.17, 15) is 4.79 Å². The Morgan fingerprint density at radius 1 is 1.29 bits per heavy atom. The molecule has 2 aromatic rings. The number of rotatable bonds is 1. The number of aryl methyl sites for hydroxylation is 1. The number of pyridine rings is 1. The van der Waals surface area contributed by atoms with Crippen molar-refractivity contribution in [3.8, 4) is 0 Å². The summed E-state index contributed by atoms with van der Waals surface area (Å²) >= 11 is 5.96. The molecule has 0 saturated carbocycles. The van der Waals surface area contributed by atoms with Crippen molar-refractivity contribution in [2.45, 2.75) is 6.92 Å². The number of carbonyl (C=O) groups is 1. The topological polar surface area (TPSA) is 30.0 Å².